The molecule has 1 atom stereocenters. The quantitative estimate of drug-likeness (QED) is 0.482. The number of hydrazine groups is 1. The highest BCUT2D eigenvalue weighted by atomic mass is 79.9. The summed E-state index contributed by atoms with van der Waals surface area (Å²) in [6, 6.07) is 5.72. The first-order valence-electron chi connectivity index (χ1n) is 5.17. The van der Waals surface area contributed by atoms with E-state index >= 15 is 0 Å². The molecule has 0 aliphatic rings. The van der Waals surface area contributed by atoms with Crippen molar-refractivity contribution in [3.8, 4) is 0 Å². The molecule has 0 aliphatic carbocycles. The number of halogens is 2. The zero-order valence-corrected chi connectivity index (χ0v) is 11.5. The molecule has 3 nitrogen and oxygen atoms in total. The highest BCUT2D eigenvalue weighted by molar-refractivity contribution is 9.10. The molecule has 16 heavy (non-hydrogen) atoms. The van der Waals surface area contributed by atoms with Gasteiger partial charge in [-0.1, -0.05) is 24.6 Å². The first kappa shape index (κ1) is 13.9. The van der Waals surface area contributed by atoms with Crippen molar-refractivity contribution in [2.24, 2.45) is 5.84 Å². The Kier molecular flexibility index (Phi) is 6.31. The number of nitrogens with one attached hydrogen (secondary N) is 1. The van der Waals surface area contributed by atoms with Crippen LogP contribution in [0.4, 0.5) is 0 Å². The van der Waals surface area contributed by atoms with Gasteiger partial charge < -0.3 is 4.74 Å². The molecule has 1 aromatic rings. The minimum absolute atomic E-state index is 0.0304. The standard InChI is InChI=1S/C11H16BrClN2O/c1-2-5-16-7-11(15-14)8-3-4-9(12)10(13)6-8/h3-4,6,11,15H,2,5,7,14H2,1H3. The number of ether oxygens (including phenoxy) is 1. The predicted molar refractivity (Wildman–Crippen MR) is 70.3 cm³/mol. The van der Waals surface area contributed by atoms with Crippen LogP contribution in [0.25, 0.3) is 0 Å². The molecule has 0 aromatic heterocycles. The molecule has 0 bridgehead atoms. The maximum atomic E-state index is 6.02. The minimum atomic E-state index is -0.0304. The maximum Gasteiger partial charge on any atom is 0.0694 e. The zero-order chi connectivity index (χ0) is 12.0. The van der Waals surface area contributed by atoms with Crippen molar-refractivity contribution in [3.63, 3.8) is 0 Å². The van der Waals surface area contributed by atoms with Crippen molar-refractivity contribution < 1.29 is 4.74 Å². The van der Waals surface area contributed by atoms with E-state index in [2.05, 4.69) is 28.3 Å². The van der Waals surface area contributed by atoms with Gasteiger partial charge in [-0.05, 0) is 40.0 Å². The van der Waals surface area contributed by atoms with Crippen molar-refractivity contribution in [1.29, 1.82) is 0 Å². The van der Waals surface area contributed by atoms with Crippen molar-refractivity contribution in [3.05, 3.63) is 33.3 Å². The summed E-state index contributed by atoms with van der Waals surface area (Å²) in [5.74, 6) is 5.49. The average molecular weight is 308 g/mol. The highest BCUT2D eigenvalue weighted by Crippen LogP contribution is 2.25. The fourth-order valence-corrected chi connectivity index (χ4v) is 1.75. The monoisotopic (exact) mass is 306 g/mol. The molecular weight excluding hydrogens is 291 g/mol. The van der Waals surface area contributed by atoms with Gasteiger partial charge in [-0.15, -0.1) is 0 Å². The normalized spacial score (nSPS) is 12.8. The molecule has 0 radical (unpaired) electrons. The fourth-order valence-electron chi connectivity index (χ4n) is 1.32. The second kappa shape index (κ2) is 7.25. The SMILES string of the molecule is CCCOCC(NN)c1ccc(Br)c(Cl)c1. The van der Waals surface area contributed by atoms with E-state index in [4.69, 9.17) is 22.2 Å². The van der Waals surface area contributed by atoms with Crippen LogP contribution in [0.5, 0.6) is 0 Å². The maximum absolute atomic E-state index is 6.02. The molecule has 0 fully saturated rings. The molecule has 1 rings (SSSR count). The summed E-state index contributed by atoms with van der Waals surface area (Å²) in [5.41, 5.74) is 3.75. The van der Waals surface area contributed by atoms with Gasteiger partial charge >= 0.3 is 0 Å². The van der Waals surface area contributed by atoms with Crippen molar-refractivity contribution in [2.45, 2.75) is 19.4 Å². The Morgan fingerprint density at radius 1 is 1.56 bits per heavy atom. The summed E-state index contributed by atoms with van der Waals surface area (Å²) in [6.07, 6.45) is 0.998. The number of hydrogen-bond acceptors (Lipinski definition) is 3. The Balaban J connectivity index is 2.67. The summed E-state index contributed by atoms with van der Waals surface area (Å²) >= 11 is 9.37. The minimum Gasteiger partial charge on any atom is -0.379 e. The third kappa shape index (κ3) is 4.03. The first-order chi connectivity index (χ1) is 7.69. The first-order valence-corrected chi connectivity index (χ1v) is 6.35. The van der Waals surface area contributed by atoms with Gasteiger partial charge in [0.15, 0.2) is 0 Å². The van der Waals surface area contributed by atoms with Crippen LogP contribution in [-0.4, -0.2) is 13.2 Å². The second-order valence-electron chi connectivity index (χ2n) is 3.47. The Labute approximate surface area is 109 Å². The topological polar surface area (TPSA) is 47.3 Å². The Hall–Kier alpha value is -0.130. The van der Waals surface area contributed by atoms with Crippen LogP contribution in [0.3, 0.4) is 0 Å². The van der Waals surface area contributed by atoms with E-state index in [-0.39, 0.29) is 6.04 Å². The van der Waals surface area contributed by atoms with E-state index in [1.165, 1.54) is 0 Å². The van der Waals surface area contributed by atoms with Gasteiger partial charge in [-0.25, -0.2) is 0 Å². The van der Waals surface area contributed by atoms with Gasteiger partial charge in [0.25, 0.3) is 0 Å². The van der Waals surface area contributed by atoms with Crippen LogP contribution in [0, 0.1) is 0 Å². The molecule has 90 valence electrons. The molecule has 1 unspecified atom stereocenters. The summed E-state index contributed by atoms with van der Waals surface area (Å²) in [6.45, 7) is 3.35. The van der Waals surface area contributed by atoms with Crippen molar-refractivity contribution in [1.82, 2.24) is 5.43 Å². The van der Waals surface area contributed by atoms with Crippen molar-refractivity contribution in [2.75, 3.05) is 13.2 Å². The van der Waals surface area contributed by atoms with Gasteiger partial charge in [-0.3, -0.25) is 11.3 Å². The van der Waals surface area contributed by atoms with E-state index in [9.17, 15) is 0 Å². The lowest BCUT2D eigenvalue weighted by Gasteiger charge is -2.16. The van der Waals surface area contributed by atoms with E-state index < -0.39 is 0 Å². The molecular formula is C11H16BrClN2O. The number of benzene rings is 1. The third-order valence-corrected chi connectivity index (χ3v) is 3.41. The lowest BCUT2D eigenvalue weighted by atomic mass is 10.1. The van der Waals surface area contributed by atoms with Gasteiger partial charge in [-0.2, -0.15) is 0 Å². The fraction of sp³-hybridized carbons (Fsp3) is 0.455. The molecule has 1 aromatic carbocycles. The van der Waals surface area contributed by atoms with Gasteiger partial charge in [0, 0.05) is 11.1 Å². The van der Waals surface area contributed by atoms with Gasteiger partial charge in [0.1, 0.15) is 0 Å². The molecule has 0 heterocycles. The highest BCUT2D eigenvalue weighted by Gasteiger charge is 2.11. The third-order valence-electron chi connectivity index (χ3n) is 2.18. The molecule has 5 heteroatoms. The molecule has 3 N–H and O–H groups in total. The van der Waals surface area contributed by atoms with Crippen molar-refractivity contribution >= 4 is 27.5 Å². The van der Waals surface area contributed by atoms with Crippen LogP contribution in [0.2, 0.25) is 5.02 Å². The number of hydrogen-bond donors (Lipinski definition) is 2. The van der Waals surface area contributed by atoms with Crippen LogP contribution in [0.15, 0.2) is 22.7 Å². The van der Waals surface area contributed by atoms with Crippen LogP contribution in [-0.2, 0) is 4.74 Å². The largest absolute Gasteiger partial charge is 0.379 e. The van der Waals surface area contributed by atoms with E-state index in [0.29, 0.717) is 11.6 Å². The number of nitrogens with two attached hydrogens (primary N) is 1. The molecule has 0 spiro atoms. The lowest BCUT2D eigenvalue weighted by molar-refractivity contribution is 0.112. The summed E-state index contributed by atoms with van der Waals surface area (Å²) in [4.78, 5) is 0. The van der Waals surface area contributed by atoms with Crippen LogP contribution in [0.1, 0.15) is 24.9 Å². The van der Waals surface area contributed by atoms with E-state index in [0.717, 1.165) is 23.1 Å². The predicted octanol–water partition coefficient (Wildman–Crippen LogP) is 3.03. The average Bonchev–Trinajstić information content (AvgIpc) is 2.29. The molecule has 0 aliphatic heterocycles. The van der Waals surface area contributed by atoms with E-state index in [1.54, 1.807) is 0 Å². The van der Waals surface area contributed by atoms with E-state index in [1.807, 2.05) is 18.2 Å². The van der Waals surface area contributed by atoms with Crippen LogP contribution >= 0.6 is 27.5 Å². The summed E-state index contributed by atoms with van der Waals surface area (Å²) in [5, 5.41) is 0.674. The Morgan fingerprint density at radius 3 is 2.88 bits per heavy atom. The number of rotatable bonds is 6. The molecule has 0 saturated carbocycles. The summed E-state index contributed by atoms with van der Waals surface area (Å²) < 4.78 is 6.34. The van der Waals surface area contributed by atoms with Crippen LogP contribution < -0.4 is 11.3 Å². The zero-order valence-electron chi connectivity index (χ0n) is 9.17. The second-order valence-corrected chi connectivity index (χ2v) is 4.73. The molecule has 0 saturated heterocycles. The smallest absolute Gasteiger partial charge is 0.0694 e. The summed E-state index contributed by atoms with van der Waals surface area (Å²) in [7, 11) is 0. The lowest BCUT2D eigenvalue weighted by Crippen LogP contribution is -2.31. The van der Waals surface area contributed by atoms with Gasteiger partial charge in [0.2, 0.25) is 0 Å². The Morgan fingerprint density at radius 2 is 2.31 bits per heavy atom. The molecule has 0 amide bonds. The Bertz CT molecular complexity index is 336. The van der Waals surface area contributed by atoms with Gasteiger partial charge in [0.05, 0.1) is 17.7 Å².